The van der Waals surface area contributed by atoms with Crippen molar-refractivity contribution < 1.29 is 9.72 Å². The lowest BCUT2D eigenvalue weighted by atomic mass is 9.91. The highest BCUT2D eigenvalue weighted by Gasteiger charge is 2.21. The molecule has 1 heterocycles. The minimum atomic E-state index is -0.461. The number of carbonyl (C=O) groups excluding carboxylic acids is 1. The van der Waals surface area contributed by atoms with Crippen molar-refractivity contribution in [2.24, 2.45) is 5.41 Å². The lowest BCUT2D eigenvalue weighted by Crippen LogP contribution is -2.25. The zero-order valence-electron chi connectivity index (χ0n) is 12.1. The van der Waals surface area contributed by atoms with Crippen molar-refractivity contribution in [2.75, 3.05) is 0 Å². The molecule has 0 bridgehead atoms. The van der Waals surface area contributed by atoms with Crippen molar-refractivity contribution in [3.05, 3.63) is 40.7 Å². The zero-order valence-corrected chi connectivity index (χ0v) is 12.1. The van der Waals surface area contributed by atoms with Crippen LogP contribution in [0, 0.1) is 15.5 Å². The number of rotatable bonds is 4. The number of hydrogen-bond donors (Lipinski definition) is 0. The maximum absolute atomic E-state index is 11.9. The van der Waals surface area contributed by atoms with Crippen LogP contribution in [0.2, 0.25) is 0 Å². The topological polar surface area (TPSA) is 90.9 Å². The summed E-state index contributed by atoms with van der Waals surface area (Å²) in [5.74, 6) is 0.495. The first-order valence-corrected chi connectivity index (χ1v) is 6.45. The third-order valence-corrected chi connectivity index (χ3v) is 3.01. The molecular weight excluding hydrogens is 272 g/mol. The van der Waals surface area contributed by atoms with Crippen molar-refractivity contribution in [2.45, 2.75) is 27.3 Å². The fourth-order valence-corrected chi connectivity index (χ4v) is 1.62. The van der Waals surface area contributed by atoms with E-state index in [1.807, 2.05) is 20.8 Å². The number of Topliss-reactive ketones (excluding diaryl/α,β-unsaturated/α-hetero) is 1. The van der Waals surface area contributed by atoms with E-state index < -0.39 is 10.3 Å². The summed E-state index contributed by atoms with van der Waals surface area (Å²) in [6.45, 7) is 5.71. The molecule has 7 nitrogen and oxygen atoms in total. The summed E-state index contributed by atoms with van der Waals surface area (Å²) in [4.78, 5) is 26.2. The summed E-state index contributed by atoms with van der Waals surface area (Å²) in [5, 5.41) is 14.8. The number of nitro groups is 1. The van der Waals surface area contributed by atoms with Crippen molar-refractivity contribution in [1.82, 2.24) is 14.8 Å². The van der Waals surface area contributed by atoms with Gasteiger partial charge in [-0.15, -0.1) is 0 Å². The van der Waals surface area contributed by atoms with E-state index in [9.17, 15) is 14.9 Å². The molecular formula is C14H16N4O3. The minimum Gasteiger partial charge on any atom is -0.297 e. The van der Waals surface area contributed by atoms with Gasteiger partial charge in [-0.1, -0.05) is 20.8 Å². The largest absolute Gasteiger partial charge is 0.297 e. The molecule has 0 fully saturated rings. The third kappa shape index (κ3) is 3.50. The second-order valence-electron chi connectivity index (χ2n) is 5.74. The van der Waals surface area contributed by atoms with E-state index in [1.54, 1.807) is 12.1 Å². The van der Waals surface area contributed by atoms with Gasteiger partial charge in [0.1, 0.15) is 12.9 Å². The molecule has 1 aromatic heterocycles. The molecule has 0 spiro atoms. The molecule has 0 saturated heterocycles. The van der Waals surface area contributed by atoms with Gasteiger partial charge in [-0.3, -0.25) is 14.9 Å². The Morgan fingerprint density at radius 3 is 2.43 bits per heavy atom. The van der Waals surface area contributed by atoms with Gasteiger partial charge >= 0.3 is 0 Å². The molecule has 0 aliphatic carbocycles. The van der Waals surface area contributed by atoms with Crippen LogP contribution in [0.5, 0.6) is 0 Å². The molecule has 1 aromatic carbocycles. The third-order valence-electron chi connectivity index (χ3n) is 3.01. The molecule has 2 aromatic rings. The van der Waals surface area contributed by atoms with Crippen LogP contribution in [0.1, 0.15) is 20.8 Å². The first-order chi connectivity index (χ1) is 9.77. The summed E-state index contributed by atoms with van der Waals surface area (Å²) >= 11 is 0. The van der Waals surface area contributed by atoms with Crippen LogP contribution in [0.4, 0.5) is 5.69 Å². The Kier molecular flexibility index (Phi) is 3.84. The number of ketones is 1. The van der Waals surface area contributed by atoms with E-state index in [0.29, 0.717) is 11.4 Å². The summed E-state index contributed by atoms with van der Waals surface area (Å²) < 4.78 is 1.48. The molecule has 7 heteroatoms. The number of benzene rings is 1. The van der Waals surface area contributed by atoms with Gasteiger partial charge in [0, 0.05) is 23.1 Å². The average molecular weight is 288 g/mol. The normalized spacial score (nSPS) is 11.4. The van der Waals surface area contributed by atoms with E-state index in [2.05, 4.69) is 10.1 Å². The molecule has 0 unspecified atom stereocenters. The smallest absolute Gasteiger partial charge is 0.269 e. The molecule has 0 aliphatic rings. The van der Waals surface area contributed by atoms with Crippen molar-refractivity contribution in [1.29, 1.82) is 0 Å². The molecule has 21 heavy (non-hydrogen) atoms. The Balaban J connectivity index is 2.16. The van der Waals surface area contributed by atoms with Gasteiger partial charge < -0.3 is 0 Å². The molecule has 0 amide bonds. The minimum absolute atomic E-state index is 0.0149. The van der Waals surface area contributed by atoms with Crippen molar-refractivity contribution >= 4 is 11.5 Å². The van der Waals surface area contributed by atoms with Gasteiger partial charge in [-0.2, -0.15) is 5.10 Å². The van der Waals surface area contributed by atoms with Crippen LogP contribution in [0.3, 0.4) is 0 Å². The quantitative estimate of drug-likeness (QED) is 0.636. The monoisotopic (exact) mass is 288 g/mol. The van der Waals surface area contributed by atoms with E-state index in [0.717, 1.165) is 0 Å². The second-order valence-corrected chi connectivity index (χ2v) is 5.74. The van der Waals surface area contributed by atoms with E-state index in [4.69, 9.17) is 0 Å². The van der Waals surface area contributed by atoms with Crippen molar-refractivity contribution in [3.8, 4) is 11.4 Å². The molecule has 0 radical (unpaired) electrons. The highest BCUT2D eigenvalue weighted by molar-refractivity contribution is 5.83. The fraction of sp³-hybridized carbons (Fsp3) is 0.357. The predicted octanol–water partition coefficient (Wildman–Crippen LogP) is 2.47. The van der Waals surface area contributed by atoms with Crippen LogP contribution in [-0.2, 0) is 11.3 Å². The van der Waals surface area contributed by atoms with E-state index >= 15 is 0 Å². The highest BCUT2D eigenvalue weighted by atomic mass is 16.6. The van der Waals surface area contributed by atoms with Gasteiger partial charge in [0.15, 0.2) is 11.6 Å². The van der Waals surface area contributed by atoms with Gasteiger partial charge in [0.25, 0.3) is 5.69 Å². The number of hydrogen-bond acceptors (Lipinski definition) is 5. The van der Waals surface area contributed by atoms with Gasteiger partial charge in [-0.25, -0.2) is 9.67 Å². The first kappa shape index (κ1) is 14.8. The second kappa shape index (κ2) is 5.43. The Morgan fingerprint density at radius 2 is 1.90 bits per heavy atom. The summed E-state index contributed by atoms with van der Waals surface area (Å²) in [7, 11) is 0. The fourth-order valence-electron chi connectivity index (χ4n) is 1.62. The lowest BCUT2D eigenvalue weighted by Gasteiger charge is -2.15. The maximum Gasteiger partial charge on any atom is 0.269 e. The molecule has 0 aliphatic heterocycles. The molecule has 110 valence electrons. The van der Waals surface area contributed by atoms with Crippen LogP contribution in [0.15, 0.2) is 30.6 Å². The molecule has 0 atom stereocenters. The standard InChI is InChI=1S/C14H16N4O3/c1-14(2,3)12(19)8-17-9-15-13(16-17)10-4-6-11(7-5-10)18(20)21/h4-7,9H,8H2,1-3H3. The van der Waals surface area contributed by atoms with Gasteiger partial charge in [0.2, 0.25) is 0 Å². The van der Waals surface area contributed by atoms with Crippen molar-refractivity contribution in [3.63, 3.8) is 0 Å². The lowest BCUT2D eigenvalue weighted by molar-refractivity contribution is -0.384. The Hall–Kier alpha value is -2.57. The molecule has 0 N–H and O–H groups in total. The van der Waals surface area contributed by atoms with Crippen LogP contribution >= 0.6 is 0 Å². The molecule has 0 saturated carbocycles. The van der Waals surface area contributed by atoms with Crippen LogP contribution in [0.25, 0.3) is 11.4 Å². The first-order valence-electron chi connectivity index (χ1n) is 6.45. The number of non-ortho nitro benzene ring substituents is 1. The highest BCUT2D eigenvalue weighted by Crippen LogP contribution is 2.19. The Labute approximate surface area is 121 Å². The summed E-state index contributed by atoms with van der Waals surface area (Å²) in [6.07, 6.45) is 1.49. The van der Waals surface area contributed by atoms with Crippen LogP contribution < -0.4 is 0 Å². The van der Waals surface area contributed by atoms with E-state index in [-0.39, 0.29) is 18.0 Å². The number of carbonyl (C=O) groups is 1. The van der Waals surface area contributed by atoms with Gasteiger partial charge in [0.05, 0.1) is 4.92 Å². The average Bonchev–Trinajstić information content (AvgIpc) is 2.86. The Morgan fingerprint density at radius 1 is 1.29 bits per heavy atom. The number of aromatic nitrogens is 3. The van der Waals surface area contributed by atoms with Gasteiger partial charge in [-0.05, 0) is 12.1 Å². The summed E-state index contributed by atoms with van der Waals surface area (Å²) in [6, 6.07) is 5.97. The van der Waals surface area contributed by atoms with E-state index in [1.165, 1.54) is 23.1 Å². The van der Waals surface area contributed by atoms with Crippen LogP contribution in [-0.4, -0.2) is 25.5 Å². The Bertz CT molecular complexity index is 668. The molecule has 2 rings (SSSR count). The number of nitro benzene ring substituents is 1. The summed E-state index contributed by atoms with van der Waals surface area (Å²) in [5.41, 5.74) is 0.253. The zero-order chi connectivity index (χ0) is 15.6. The predicted molar refractivity (Wildman–Crippen MR) is 76.6 cm³/mol. The number of nitrogens with zero attached hydrogens (tertiary/aromatic N) is 4. The maximum atomic E-state index is 11.9. The SMILES string of the molecule is CC(C)(C)C(=O)Cn1cnc(-c2ccc([N+](=O)[O-])cc2)n1.